The first kappa shape index (κ1) is 13.2. The minimum atomic E-state index is -0.840. The molecule has 0 heterocycles. The number of hydrogen-bond donors (Lipinski definition) is 1. The zero-order valence-corrected chi connectivity index (χ0v) is 9.63. The monoisotopic (exact) mass is 200 g/mol. The van der Waals surface area contributed by atoms with Gasteiger partial charge in [-0.25, -0.2) is 0 Å². The Hall–Kier alpha value is -0.830. The number of esters is 1. The number of allylic oxidation sites excluding steroid dienone is 1. The van der Waals surface area contributed by atoms with E-state index in [0.29, 0.717) is 6.42 Å². The predicted octanol–water partition coefficient (Wildman–Crippen LogP) is 1.90. The molecule has 1 N–H and O–H groups in total. The fourth-order valence-electron chi connectivity index (χ4n) is 0.933. The number of carbonyl (C=O) groups is 1. The van der Waals surface area contributed by atoms with Gasteiger partial charge in [0.05, 0.1) is 19.1 Å². The molecule has 0 aliphatic carbocycles. The van der Waals surface area contributed by atoms with Gasteiger partial charge in [0, 0.05) is 0 Å². The summed E-state index contributed by atoms with van der Waals surface area (Å²) in [6.07, 6.45) is 3.84. The summed E-state index contributed by atoms with van der Waals surface area (Å²) in [6.45, 7) is 7.23. The van der Waals surface area contributed by atoms with Crippen molar-refractivity contribution in [3.63, 3.8) is 0 Å². The second-order valence-corrected chi connectivity index (χ2v) is 4.73. The van der Waals surface area contributed by atoms with Gasteiger partial charge in [0.15, 0.2) is 0 Å². The summed E-state index contributed by atoms with van der Waals surface area (Å²) >= 11 is 0. The van der Waals surface area contributed by atoms with Crippen molar-refractivity contribution in [3.8, 4) is 0 Å². The smallest absolute Gasteiger partial charge is 0.306 e. The quantitative estimate of drug-likeness (QED) is 0.557. The Kier molecular flexibility index (Phi) is 4.33. The van der Waals surface area contributed by atoms with Crippen molar-refractivity contribution in [2.45, 2.75) is 39.7 Å². The van der Waals surface area contributed by atoms with E-state index in [9.17, 15) is 9.90 Å². The van der Waals surface area contributed by atoms with Gasteiger partial charge in [-0.05, 0) is 19.3 Å². The molecule has 0 bridgehead atoms. The van der Waals surface area contributed by atoms with E-state index in [0.717, 1.165) is 0 Å². The largest absolute Gasteiger partial charge is 0.469 e. The normalized spacial score (nSPS) is 13.3. The average Bonchev–Trinajstić information content (AvgIpc) is 1.99. The van der Waals surface area contributed by atoms with Crippen LogP contribution >= 0.6 is 0 Å². The van der Waals surface area contributed by atoms with Gasteiger partial charge in [0.2, 0.25) is 0 Å². The van der Waals surface area contributed by atoms with Gasteiger partial charge in [-0.15, -0.1) is 0 Å². The second-order valence-electron chi connectivity index (χ2n) is 4.73. The molecule has 0 saturated carbocycles. The van der Waals surface area contributed by atoms with Crippen LogP contribution in [0.3, 0.4) is 0 Å². The van der Waals surface area contributed by atoms with Crippen molar-refractivity contribution in [3.05, 3.63) is 12.2 Å². The van der Waals surface area contributed by atoms with Gasteiger partial charge < -0.3 is 9.84 Å². The molecular weight excluding hydrogens is 180 g/mol. The van der Waals surface area contributed by atoms with E-state index >= 15 is 0 Å². The Morgan fingerprint density at radius 3 is 2.14 bits per heavy atom. The van der Waals surface area contributed by atoms with Crippen LogP contribution in [0.4, 0.5) is 0 Å². The Balaban J connectivity index is 4.34. The number of ether oxygens (including phenoxy) is 1. The first-order valence-electron chi connectivity index (χ1n) is 4.66. The summed E-state index contributed by atoms with van der Waals surface area (Å²) in [4.78, 5) is 11.0. The molecule has 14 heavy (non-hydrogen) atoms. The highest BCUT2D eigenvalue weighted by Gasteiger charge is 2.20. The fraction of sp³-hybridized carbons (Fsp3) is 0.727. The van der Waals surface area contributed by atoms with Crippen molar-refractivity contribution >= 4 is 5.97 Å². The molecular formula is C11H20O3. The Morgan fingerprint density at radius 1 is 1.29 bits per heavy atom. The van der Waals surface area contributed by atoms with Crippen molar-refractivity contribution in [1.29, 1.82) is 0 Å². The standard InChI is InChI=1S/C11H20O3/c1-10(2,8-9(12)14-5)6-7-11(3,4)13/h6-7,13H,8H2,1-5H3/b7-6+. The minimum absolute atomic E-state index is 0.240. The van der Waals surface area contributed by atoms with Crippen LogP contribution in [-0.2, 0) is 9.53 Å². The third-order valence-corrected chi connectivity index (χ3v) is 1.77. The van der Waals surface area contributed by atoms with Crippen LogP contribution < -0.4 is 0 Å². The van der Waals surface area contributed by atoms with E-state index in [1.165, 1.54) is 7.11 Å². The molecule has 0 aliphatic heterocycles. The van der Waals surface area contributed by atoms with Crippen LogP contribution in [0, 0.1) is 5.41 Å². The van der Waals surface area contributed by atoms with E-state index in [2.05, 4.69) is 4.74 Å². The van der Waals surface area contributed by atoms with E-state index in [1.54, 1.807) is 19.9 Å². The Morgan fingerprint density at radius 2 is 1.79 bits per heavy atom. The summed E-state index contributed by atoms with van der Waals surface area (Å²) in [5.41, 5.74) is -1.12. The highest BCUT2D eigenvalue weighted by Crippen LogP contribution is 2.24. The predicted molar refractivity (Wildman–Crippen MR) is 55.9 cm³/mol. The third kappa shape index (κ3) is 6.66. The molecule has 0 aromatic heterocycles. The molecule has 0 radical (unpaired) electrons. The van der Waals surface area contributed by atoms with Gasteiger partial charge >= 0.3 is 5.97 Å². The van der Waals surface area contributed by atoms with Gasteiger partial charge in [0.1, 0.15) is 0 Å². The molecule has 0 amide bonds. The molecule has 0 aromatic carbocycles. The maximum atomic E-state index is 11.0. The molecule has 82 valence electrons. The number of carbonyl (C=O) groups excluding carboxylic acids is 1. The summed E-state index contributed by atoms with van der Waals surface area (Å²) in [5, 5.41) is 9.47. The van der Waals surface area contributed by atoms with E-state index in [-0.39, 0.29) is 11.4 Å². The van der Waals surface area contributed by atoms with Gasteiger partial charge in [0.25, 0.3) is 0 Å². The zero-order valence-electron chi connectivity index (χ0n) is 9.63. The number of hydrogen-bond acceptors (Lipinski definition) is 3. The molecule has 0 fully saturated rings. The van der Waals surface area contributed by atoms with Gasteiger partial charge in [-0.3, -0.25) is 4.79 Å². The number of rotatable bonds is 4. The second kappa shape index (κ2) is 4.60. The lowest BCUT2D eigenvalue weighted by Gasteiger charge is -2.20. The average molecular weight is 200 g/mol. The topological polar surface area (TPSA) is 46.5 Å². The number of aliphatic hydroxyl groups is 1. The summed E-state index contributed by atoms with van der Waals surface area (Å²) in [6, 6.07) is 0. The summed E-state index contributed by atoms with van der Waals surface area (Å²) in [7, 11) is 1.37. The highest BCUT2D eigenvalue weighted by atomic mass is 16.5. The molecule has 0 aliphatic rings. The van der Waals surface area contributed by atoms with Gasteiger partial charge in [-0.1, -0.05) is 26.0 Å². The lowest BCUT2D eigenvalue weighted by Crippen LogP contribution is -2.19. The van der Waals surface area contributed by atoms with E-state index in [1.807, 2.05) is 19.9 Å². The van der Waals surface area contributed by atoms with E-state index in [4.69, 9.17) is 0 Å². The maximum Gasteiger partial charge on any atom is 0.306 e. The number of methoxy groups -OCH3 is 1. The SMILES string of the molecule is COC(=O)CC(C)(C)/C=C/C(C)(C)O. The molecule has 3 nitrogen and oxygen atoms in total. The highest BCUT2D eigenvalue weighted by molar-refractivity contribution is 5.70. The molecule has 0 unspecified atom stereocenters. The third-order valence-electron chi connectivity index (χ3n) is 1.77. The maximum absolute atomic E-state index is 11.0. The Bertz CT molecular complexity index is 221. The lowest BCUT2D eigenvalue weighted by atomic mass is 9.87. The van der Waals surface area contributed by atoms with Gasteiger partial charge in [-0.2, -0.15) is 0 Å². The zero-order chi connectivity index (χ0) is 11.4. The first-order valence-corrected chi connectivity index (χ1v) is 4.66. The van der Waals surface area contributed by atoms with Crippen molar-refractivity contribution in [2.75, 3.05) is 7.11 Å². The summed E-state index contributed by atoms with van der Waals surface area (Å²) in [5.74, 6) is -0.240. The van der Waals surface area contributed by atoms with Crippen LogP contribution in [0.1, 0.15) is 34.1 Å². The molecule has 0 spiro atoms. The fourth-order valence-corrected chi connectivity index (χ4v) is 0.933. The molecule has 0 atom stereocenters. The van der Waals surface area contributed by atoms with E-state index < -0.39 is 5.60 Å². The molecule has 0 aromatic rings. The van der Waals surface area contributed by atoms with Crippen molar-refractivity contribution in [1.82, 2.24) is 0 Å². The summed E-state index contributed by atoms with van der Waals surface area (Å²) < 4.78 is 4.58. The van der Waals surface area contributed by atoms with Crippen molar-refractivity contribution in [2.24, 2.45) is 5.41 Å². The van der Waals surface area contributed by atoms with Crippen LogP contribution in [0.5, 0.6) is 0 Å². The van der Waals surface area contributed by atoms with Crippen molar-refractivity contribution < 1.29 is 14.6 Å². The van der Waals surface area contributed by atoms with Crippen LogP contribution in [0.2, 0.25) is 0 Å². The van der Waals surface area contributed by atoms with Crippen LogP contribution in [0.25, 0.3) is 0 Å². The molecule has 0 saturated heterocycles. The van der Waals surface area contributed by atoms with Crippen LogP contribution in [-0.4, -0.2) is 23.8 Å². The molecule has 0 rings (SSSR count). The van der Waals surface area contributed by atoms with Crippen LogP contribution in [0.15, 0.2) is 12.2 Å². The lowest BCUT2D eigenvalue weighted by molar-refractivity contribution is -0.142. The Labute approximate surface area is 85.8 Å². The minimum Gasteiger partial charge on any atom is -0.469 e. The first-order chi connectivity index (χ1) is 6.16. The molecule has 3 heteroatoms.